The van der Waals surface area contributed by atoms with Gasteiger partial charge in [0.2, 0.25) is 0 Å². The van der Waals surface area contributed by atoms with Gasteiger partial charge >= 0.3 is 0 Å². The zero-order chi connectivity index (χ0) is 12.8. The first kappa shape index (κ1) is 13.7. The lowest BCUT2D eigenvalue weighted by Crippen LogP contribution is -2.27. The van der Waals surface area contributed by atoms with Gasteiger partial charge in [0, 0.05) is 32.8 Å². The zero-order valence-electron chi connectivity index (χ0n) is 11.3. The van der Waals surface area contributed by atoms with Crippen molar-refractivity contribution < 1.29 is 4.74 Å². The molecule has 1 N–H and O–H groups in total. The number of rotatable bonds is 6. The maximum Gasteiger partial charge on any atom is 0.158 e. The molecule has 0 atom stereocenters. The van der Waals surface area contributed by atoms with Crippen LogP contribution in [0.1, 0.15) is 26.6 Å². The third-order valence-corrected chi connectivity index (χ3v) is 2.53. The van der Waals surface area contributed by atoms with Gasteiger partial charge in [-0.1, -0.05) is 0 Å². The Kier molecular flexibility index (Phi) is 5.15. The summed E-state index contributed by atoms with van der Waals surface area (Å²) in [4.78, 5) is 11.0. The van der Waals surface area contributed by atoms with Gasteiger partial charge in [-0.05, 0) is 20.8 Å². The van der Waals surface area contributed by atoms with E-state index in [2.05, 4.69) is 34.0 Å². The van der Waals surface area contributed by atoms with Crippen molar-refractivity contribution in [3.05, 3.63) is 11.9 Å². The van der Waals surface area contributed by atoms with Crippen LogP contribution >= 0.6 is 0 Å². The minimum absolute atomic E-state index is 0.398. The first-order valence-corrected chi connectivity index (χ1v) is 5.92. The Morgan fingerprint density at radius 2 is 2.12 bits per heavy atom. The van der Waals surface area contributed by atoms with Crippen molar-refractivity contribution in [2.75, 3.05) is 30.9 Å². The quantitative estimate of drug-likeness (QED) is 0.820. The van der Waals surface area contributed by atoms with E-state index >= 15 is 0 Å². The van der Waals surface area contributed by atoms with Gasteiger partial charge in [0.25, 0.3) is 0 Å². The van der Waals surface area contributed by atoms with Crippen LogP contribution < -0.4 is 10.2 Å². The summed E-state index contributed by atoms with van der Waals surface area (Å²) in [5.74, 6) is 2.46. The molecule has 0 aliphatic carbocycles. The predicted octanol–water partition coefficient (Wildman–Crippen LogP) is 1.90. The molecule has 0 amide bonds. The van der Waals surface area contributed by atoms with Crippen molar-refractivity contribution in [2.45, 2.75) is 33.4 Å². The van der Waals surface area contributed by atoms with E-state index in [1.54, 1.807) is 7.11 Å². The summed E-state index contributed by atoms with van der Waals surface area (Å²) in [6.07, 6.45) is 0. The van der Waals surface area contributed by atoms with Crippen molar-refractivity contribution in [2.24, 2.45) is 0 Å². The molecule has 0 bridgehead atoms. The first-order chi connectivity index (χ1) is 8.08. The van der Waals surface area contributed by atoms with Crippen LogP contribution in [-0.4, -0.2) is 36.7 Å². The van der Waals surface area contributed by atoms with Crippen molar-refractivity contribution in [3.63, 3.8) is 0 Å². The molecule has 0 fully saturated rings. The normalized spacial score (nSPS) is 10.7. The van der Waals surface area contributed by atoms with Gasteiger partial charge < -0.3 is 15.0 Å². The Hall–Kier alpha value is -1.36. The Morgan fingerprint density at radius 3 is 2.65 bits per heavy atom. The van der Waals surface area contributed by atoms with Gasteiger partial charge in [0.1, 0.15) is 18.2 Å². The summed E-state index contributed by atoms with van der Waals surface area (Å²) in [5.41, 5.74) is 0. The number of hydrogen-bond acceptors (Lipinski definition) is 5. The largest absolute Gasteiger partial charge is 0.377 e. The maximum absolute atomic E-state index is 5.08. The molecule has 0 unspecified atom stereocenters. The molecule has 1 rings (SSSR count). The molecule has 0 spiro atoms. The Labute approximate surface area is 103 Å². The predicted molar refractivity (Wildman–Crippen MR) is 70.4 cm³/mol. The molecule has 96 valence electrons. The molecule has 5 nitrogen and oxygen atoms in total. The Balaban J connectivity index is 3.02. The molecule has 1 heterocycles. The molecule has 0 saturated carbocycles. The average Bonchev–Trinajstić information content (AvgIpc) is 2.28. The highest BCUT2D eigenvalue weighted by Gasteiger charge is 2.10. The van der Waals surface area contributed by atoms with Crippen LogP contribution in [0, 0.1) is 0 Å². The number of methoxy groups -OCH3 is 1. The Morgan fingerprint density at radius 1 is 1.41 bits per heavy atom. The van der Waals surface area contributed by atoms with Crippen LogP contribution in [0.25, 0.3) is 0 Å². The van der Waals surface area contributed by atoms with Gasteiger partial charge in [-0.2, -0.15) is 0 Å². The van der Waals surface area contributed by atoms with E-state index in [0.717, 1.165) is 18.2 Å². The summed E-state index contributed by atoms with van der Waals surface area (Å²) in [6.45, 7) is 7.58. The fourth-order valence-corrected chi connectivity index (χ4v) is 1.39. The van der Waals surface area contributed by atoms with Gasteiger partial charge in [-0.3, -0.25) is 0 Å². The molecule has 17 heavy (non-hydrogen) atoms. The molecular formula is C12H22N4O. The lowest BCUT2D eigenvalue weighted by molar-refractivity contribution is 0.178. The van der Waals surface area contributed by atoms with E-state index in [-0.39, 0.29) is 0 Å². The van der Waals surface area contributed by atoms with Crippen LogP contribution in [0.5, 0.6) is 0 Å². The molecule has 0 saturated heterocycles. The van der Waals surface area contributed by atoms with E-state index in [4.69, 9.17) is 4.74 Å². The van der Waals surface area contributed by atoms with E-state index in [0.29, 0.717) is 18.5 Å². The standard InChI is InChI=1S/C12H22N4O/c1-6-13-10-7-12(16(4)9(2)3)15-11(14-10)8-17-5/h7,9H,6,8H2,1-5H3,(H,13,14,15). The lowest BCUT2D eigenvalue weighted by Gasteiger charge is -2.23. The smallest absolute Gasteiger partial charge is 0.158 e. The number of anilines is 2. The fraction of sp³-hybridized carbons (Fsp3) is 0.667. The van der Waals surface area contributed by atoms with Crippen molar-refractivity contribution in [1.82, 2.24) is 9.97 Å². The summed E-state index contributed by atoms with van der Waals surface area (Å²) in [5, 5.41) is 3.21. The maximum atomic E-state index is 5.08. The minimum atomic E-state index is 0.398. The van der Waals surface area contributed by atoms with E-state index in [9.17, 15) is 0 Å². The minimum Gasteiger partial charge on any atom is -0.377 e. The van der Waals surface area contributed by atoms with Crippen molar-refractivity contribution in [3.8, 4) is 0 Å². The van der Waals surface area contributed by atoms with Crippen molar-refractivity contribution >= 4 is 11.6 Å². The molecule has 0 aromatic carbocycles. The molecule has 5 heteroatoms. The summed E-state index contributed by atoms with van der Waals surface area (Å²) < 4.78 is 5.08. The Bertz CT molecular complexity index is 330. The molecule has 0 radical (unpaired) electrons. The fourth-order valence-electron chi connectivity index (χ4n) is 1.39. The number of nitrogens with one attached hydrogen (secondary N) is 1. The van der Waals surface area contributed by atoms with Gasteiger partial charge in [-0.25, -0.2) is 9.97 Å². The summed E-state index contributed by atoms with van der Waals surface area (Å²) >= 11 is 0. The van der Waals surface area contributed by atoms with Crippen LogP contribution in [-0.2, 0) is 11.3 Å². The average molecular weight is 238 g/mol. The highest BCUT2D eigenvalue weighted by molar-refractivity contribution is 5.49. The highest BCUT2D eigenvalue weighted by Crippen LogP contribution is 2.17. The first-order valence-electron chi connectivity index (χ1n) is 5.92. The lowest BCUT2D eigenvalue weighted by atomic mass is 10.3. The second-order valence-corrected chi connectivity index (χ2v) is 4.20. The second-order valence-electron chi connectivity index (χ2n) is 4.20. The third kappa shape index (κ3) is 3.85. The van der Waals surface area contributed by atoms with Gasteiger partial charge in [0.15, 0.2) is 5.82 Å². The van der Waals surface area contributed by atoms with Gasteiger partial charge in [-0.15, -0.1) is 0 Å². The summed E-state index contributed by atoms with van der Waals surface area (Å²) in [6, 6.07) is 2.36. The molecule has 0 aliphatic rings. The molecular weight excluding hydrogens is 216 g/mol. The van der Waals surface area contributed by atoms with Crippen molar-refractivity contribution in [1.29, 1.82) is 0 Å². The van der Waals surface area contributed by atoms with E-state index in [1.807, 2.05) is 20.0 Å². The molecule has 1 aromatic rings. The van der Waals surface area contributed by atoms with Gasteiger partial charge in [0.05, 0.1) is 0 Å². The second kappa shape index (κ2) is 6.39. The topological polar surface area (TPSA) is 50.3 Å². The summed E-state index contributed by atoms with van der Waals surface area (Å²) in [7, 11) is 3.68. The monoisotopic (exact) mass is 238 g/mol. The molecule has 1 aromatic heterocycles. The van der Waals surface area contributed by atoms with Crippen LogP contribution in [0.4, 0.5) is 11.6 Å². The number of ether oxygens (including phenoxy) is 1. The number of aromatic nitrogens is 2. The third-order valence-electron chi connectivity index (χ3n) is 2.53. The number of hydrogen-bond donors (Lipinski definition) is 1. The van der Waals surface area contributed by atoms with Crippen LogP contribution in [0.3, 0.4) is 0 Å². The SMILES string of the molecule is CCNc1cc(N(C)C(C)C)nc(COC)n1. The van der Waals surface area contributed by atoms with Crippen LogP contribution in [0.2, 0.25) is 0 Å². The zero-order valence-corrected chi connectivity index (χ0v) is 11.3. The van der Waals surface area contributed by atoms with Crippen LogP contribution in [0.15, 0.2) is 6.07 Å². The highest BCUT2D eigenvalue weighted by atomic mass is 16.5. The van der Waals surface area contributed by atoms with E-state index < -0.39 is 0 Å². The van der Waals surface area contributed by atoms with E-state index in [1.165, 1.54) is 0 Å². The number of nitrogens with zero attached hydrogens (tertiary/aromatic N) is 3. The molecule has 0 aliphatic heterocycles.